The molecule has 152 valence electrons. The molecule has 1 aromatic heterocycles. The number of carbonyl (C=O) groups excluding carboxylic acids is 1. The number of amides is 1. The monoisotopic (exact) mass is 395 g/mol. The zero-order valence-electron chi connectivity index (χ0n) is 17.3. The van der Waals surface area contributed by atoms with Crippen LogP contribution in [0.25, 0.3) is 0 Å². The van der Waals surface area contributed by atoms with Crippen molar-refractivity contribution in [3.63, 3.8) is 0 Å². The van der Waals surface area contributed by atoms with E-state index in [4.69, 9.17) is 14.2 Å². The van der Waals surface area contributed by atoms with Crippen LogP contribution in [0.1, 0.15) is 27.3 Å². The molecule has 0 aliphatic rings. The Labute approximate surface area is 170 Å². The molecule has 3 rings (SSSR count). The molecule has 0 spiro atoms. The van der Waals surface area contributed by atoms with Crippen LogP contribution in [0.15, 0.2) is 42.5 Å². The number of hydrogen-bond acceptors (Lipinski definition) is 5. The van der Waals surface area contributed by atoms with Crippen molar-refractivity contribution in [3.8, 4) is 17.2 Å². The molecule has 1 amide bonds. The number of rotatable bonds is 7. The first-order valence-electron chi connectivity index (χ1n) is 9.16. The molecule has 0 aliphatic carbocycles. The lowest BCUT2D eigenvalue weighted by molar-refractivity contribution is 0.102. The van der Waals surface area contributed by atoms with Gasteiger partial charge in [0.15, 0.2) is 0 Å². The minimum absolute atomic E-state index is 0.255. The van der Waals surface area contributed by atoms with Crippen LogP contribution in [0.3, 0.4) is 0 Å². The highest BCUT2D eigenvalue weighted by Gasteiger charge is 2.17. The Morgan fingerprint density at radius 2 is 1.62 bits per heavy atom. The van der Waals surface area contributed by atoms with Gasteiger partial charge in [0.2, 0.25) is 0 Å². The molecule has 0 saturated carbocycles. The predicted molar refractivity (Wildman–Crippen MR) is 111 cm³/mol. The predicted octanol–water partition coefficient (Wildman–Crippen LogP) is 3.83. The van der Waals surface area contributed by atoms with E-state index in [-0.39, 0.29) is 5.91 Å². The van der Waals surface area contributed by atoms with Crippen LogP contribution in [0.2, 0.25) is 0 Å². The second kappa shape index (κ2) is 8.68. The number of nitrogens with zero attached hydrogens (tertiary/aromatic N) is 2. The number of nitrogens with one attached hydrogen (secondary N) is 1. The molecule has 29 heavy (non-hydrogen) atoms. The van der Waals surface area contributed by atoms with Gasteiger partial charge in [0.25, 0.3) is 5.91 Å². The number of carbonyl (C=O) groups is 1. The SMILES string of the molecule is COc1cccc(Cn2nc(C)c(NC(=O)c3cc(OC)cc(OC)c3)c2C)c1. The van der Waals surface area contributed by atoms with Crippen molar-refractivity contribution in [2.45, 2.75) is 20.4 Å². The molecule has 0 unspecified atom stereocenters. The zero-order valence-corrected chi connectivity index (χ0v) is 17.3. The fraction of sp³-hybridized carbons (Fsp3) is 0.273. The lowest BCUT2D eigenvalue weighted by Crippen LogP contribution is -2.13. The standard InChI is InChI=1S/C22H25N3O4/c1-14-21(23-22(26)17-10-19(28-4)12-20(11-17)29-5)15(2)25(24-14)13-16-7-6-8-18(9-16)27-3/h6-12H,13H2,1-5H3,(H,23,26). The number of anilines is 1. The summed E-state index contributed by atoms with van der Waals surface area (Å²) in [6.07, 6.45) is 0. The molecule has 0 saturated heterocycles. The molecule has 2 aromatic carbocycles. The van der Waals surface area contributed by atoms with Crippen LogP contribution in [0.4, 0.5) is 5.69 Å². The second-order valence-corrected chi connectivity index (χ2v) is 6.61. The average Bonchev–Trinajstić information content (AvgIpc) is 3.00. The first kappa shape index (κ1) is 20.3. The minimum Gasteiger partial charge on any atom is -0.497 e. The molecule has 0 bridgehead atoms. The largest absolute Gasteiger partial charge is 0.497 e. The van der Waals surface area contributed by atoms with E-state index in [0.717, 1.165) is 22.7 Å². The van der Waals surface area contributed by atoms with Crippen molar-refractivity contribution in [2.24, 2.45) is 0 Å². The molecule has 3 aromatic rings. The molecule has 0 radical (unpaired) electrons. The molecule has 7 heteroatoms. The number of methoxy groups -OCH3 is 3. The Hall–Kier alpha value is -3.48. The normalized spacial score (nSPS) is 10.5. The Bertz CT molecular complexity index is 1000. The number of ether oxygens (including phenoxy) is 3. The smallest absolute Gasteiger partial charge is 0.256 e. The maximum absolute atomic E-state index is 12.8. The Morgan fingerprint density at radius 3 is 2.24 bits per heavy atom. The summed E-state index contributed by atoms with van der Waals surface area (Å²) in [6, 6.07) is 12.9. The van der Waals surface area contributed by atoms with Gasteiger partial charge in [0, 0.05) is 11.6 Å². The summed E-state index contributed by atoms with van der Waals surface area (Å²) in [4.78, 5) is 12.8. The lowest BCUT2D eigenvalue weighted by Gasteiger charge is -2.10. The van der Waals surface area contributed by atoms with E-state index >= 15 is 0 Å². The van der Waals surface area contributed by atoms with Crippen molar-refractivity contribution >= 4 is 11.6 Å². The number of aryl methyl sites for hydroxylation is 1. The number of aromatic nitrogens is 2. The third-order valence-electron chi connectivity index (χ3n) is 4.70. The molecular formula is C22H25N3O4. The van der Waals surface area contributed by atoms with E-state index in [1.54, 1.807) is 39.5 Å². The molecule has 1 heterocycles. The van der Waals surface area contributed by atoms with E-state index in [0.29, 0.717) is 29.3 Å². The maximum Gasteiger partial charge on any atom is 0.256 e. The van der Waals surface area contributed by atoms with Crippen LogP contribution in [0, 0.1) is 13.8 Å². The van der Waals surface area contributed by atoms with E-state index in [1.807, 2.05) is 42.8 Å². The van der Waals surface area contributed by atoms with Crippen molar-refractivity contribution in [3.05, 3.63) is 65.0 Å². The highest BCUT2D eigenvalue weighted by Crippen LogP contribution is 2.25. The average molecular weight is 395 g/mol. The summed E-state index contributed by atoms with van der Waals surface area (Å²) in [5.74, 6) is 1.65. The first-order chi connectivity index (χ1) is 13.9. The summed E-state index contributed by atoms with van der Waals surface area (Å²) >= 11 is 0. The highest BCUT2D eigenvalue weighted by atomic mass is 16.5. The second-order valence-electron chi connectivity index (χ2n) is 6.61. The maximum atomic E-state index is 12.8. The van der Waals surface area contributed by atoms with E-state index in [1.165, 1.54) is 0 Å². The summed E-state index contributed by atoms with van der Waals surface area (Å²) in [5.41, 5.74) is 3.81. The van der Waals surface area contributed by atoms with Crippen molar-refractivity contribution < 1.29 is 19.0 Å². The summed E-state index contributed by atoms with van der Waals surface area (Å²) in [7, 11) is 4.74. The molecule has 7 nitrogen and oxygen atoms in total. The van der Waals surface area contributed by atoms with Crippen LogP contribution < -0.4 is 19.5 Å². The molecule has 1 N–H and O–H groups in total. The summed E-state index contributed by atoms with van der Waals surface area (Å²) in [5, 5.41) is 7.55. The van der Waals surface area contributed by atoms with Crippen LogP contribution in [-0.4, -0.2) is 37.0 Å². The Balaban J connectivity index is 1.84. The van der Waals surface area contributed by atoms with E-state index < -0.39 is 0 Å². The van der Waals surface area contributed by atoms with Crippen LogP contribution in [0.5, 0.6) is 17.2 Å². The number of benzene rings is 2. The van der Waals surface area contributed by atoms with Crippen LogP contribution >= 0.6 is 0 Å². The summed E-state index contributed by atoms with van der Waals surface area (Å²) < 4.78 is 17.6. The third kappa shape index (κ3) is 4.51. The molecule has 0 fully saturated rings. The first-order valence-corrected chi connectivity index (χ1v) is 9.16. The van der Waals surface area contributed by atoms with Gasteiger partial charge in [-0.3, -0.25) is 9.48 Å². The van der Waals surface area contributed by atoms with Gasteiger partial charge in [-0.1, -0.05) is 12.1 Å². The van der Waals surface area contributed by atoms with Gasteiger partial charge in [-0.15, -0.1) is 0 Å². The van der Waals surface area contributed by atoms with Gasteiger partial charge < -0.3 is 19.5 Å². The third-order valence-corrected chi connectivity index (χ3v) is 4.70. The summed E-state index contributed by atoms with van der Waals surface area (Å²) in [6.45, 7) is 4.38. The molecular weight excluding hydrogens is 370 g/mol. The lowest BCUT2D eigenvalue weighted by atomic mass is 10.1. The van der Waals surface area contributed by atoms with Crippen molar-refractivity contribution in [2.75, 3.05) is 26.6 Å². The highest BCUT2D eigenvalue weighted by molar-refractivity contribution is 6.05. The fourth-order valence-corrected chi connectivity index (χ4v) is 3.10. The number of hydrogen-bond donors (Lipinski definition) is 1. The van der Waals surface area contributed by atoms with Crippen LogP contribution in [-0.2, 0) is 6.54 Å². The molecule has 0 atom stereocenters. The van der Waals surface area contributed by atoms with Gasteiger partial charge in [-0.05, 0) is 43.7 Å². The van der Waals surface area contributed by atoms with Gasteiger partial charge >= 0.3 is 0 Å². The van der Waals surface area contributed by atoms with E-state index in [2.05, 4.69) is 10.4 Å². The fourth-order valence-electron chi connectivity index (χ4n) is 3.10. The quantitative estimate of drug-likeness (QED) is 0.658. The Kier molecular flexibility index (Phi) is 6.07. The topological polar surface area (TPSA) is 74.6 Å². The minimum atomic E-state index is -0.255. The van der Waals surface area contributed by atoms with Crippen molar-refractivity contribution in [1.29, 1.82) is 0 Å². The zero-order chi connectivity index (χ0) is 21.0. The van der Waals surface area contributed by atoms with Gasteiger partial charge in [-0.25, -0.2) is 0 Å². The van der Waals surface area contributed by atoms with Gasteiger partial charge in [-0.2, -0.15) is 5.10 Å². The molecule has 0 aliphatic heterocycles. The Morgan fingerprint density at radius 1 is 0.966 bits per heavy atom. The van der Waals surface area contributed by atoms with Gasteiger partial charge in [0.1, 0.15) is 17.2 Å². The van der Waals surface area contributed by atoms with Crippen molar-refractivity contribution in [1.82, 2.24) is 9.78 Å². The van der Waals surface area contributed by atoms with Gasteiger partial charge in [0.05, 0.1) is 44.9 Å². The van der Waals surface area contributed by atoms with E-state index in [9.17, 15) is 4.79 Å².